The maximum absolute atomic E-state index is 12.4. The van der Waals surface area contributed by atoms with Gasteiger partial charge in [0.25, 0.3) is 5.91 Å². The Labute approximate surface area is 112 Å². The first-order chi connectivity index (χ1) is 9.17. The molecule has 0 unspecified atom stereocenters. The van der Waals surface area contributed by atoms with E-state index in [-0.39, 0.29) is 11.9 Å². The topological polar surface area (TPSA) is 55.8 Å². The standard InChI is InChI=1S/C14H17NO4/c1-18-11-6-3-5-10(9-11)13(16)15-8-4-7-12(15)14(17)19-2/h3,5-6,9,12H,4,7-8H2,1-2H3/t12-/m0/s1. The number of likely N-dealkylation sites (tertiary alicyclic amines) is 1. The molecule has 0 aliphatic carbocycles. The largest absolute Gasteiger partial charge is 0.497 e. The Balaban J connectivity index is 2.20. The minimum Gasteiger partial charge on any atom is -0.497 e. The molecule has 1 saturated heterocycles. The van der Waals surface area contributed by atoms with Crippen molar-refractivity contribution in [1.82, 2.24) is 4.90 Å². The number of esters is 1. The van der Waals surface area contributed by atoms with E-state index in [4.69, 9.17) is 9.47 Å². The zero-order valence-electron chi connectivity index (χ0n) is 11.1. The van der Waals surface area contributed by atoms with Crippen molar-refractivity contribution in [3.05, 3.63) is 29.8 Å². The molecule has 1 aliphatic heterocycles. The van der Waals surface area contributed by atoms with Crippen LogP contribution in [-0.4, -0.2) is 43.6 Å². The maximum atomic E-state index is 12.4. The lowest BCUT2D eigenvalue weighted by Gasteiger charge is -2.22. The van der Waals surface area contributed by atoms with Gasteiger partial charge in [-0.05, 0) is 31.0 Å². The summed E-state index contributed by atoms with van der Waals surface area (Å²) in [5, 5.41) is 0. The van der Waals surface area contributed by atoms with E-state index in [2.05, 4.69) is 0 Å². The van der Waals surface area contributed by atoms with Crippen molar-refractivity contribution < 1.29 is 19.1 Å². The molecule has 0 spiro atoms. The summed E-state index contributed by atoms with van der Waals surface area (Å²) in [7, 11) is 2.89. The number of amides is 1. The third kappa shape index (κ3) is 2.70. The van der Waals surface area contributed by atoms with Gasteiger partial charge in [0.1, 0.15) is 11.8 Å². The Hall–Kier alpha value is -2.04. The Bertz CT molecular complexity index is 486. The molecule has 1 atom stereocenters. The van der Waals surface area contributed by atoms with Gasteiger partial charge in [0.15, 0.2) is 0 Å². The minimum absolute atomic E-state index is 0.160. The van der Waals surface area contributed by atoms with Crippen LogP contribution in [0.3, 0.4) is 0 Å². The number of hydrogen-bond donors (Lipinski definition) is 0. The van der Waals surface area contributed by atoms with Gasteiger partial charge in [-0.3, -0.25) is 4.79 Å². The second-order valence-electron chi connectivity index (χ2n) is 4.41. The van der Waals surface area contributed by atoms with Crippen LogP contribution in [-0.2, 0) is 9.53 Å². The molecule has 5 nitrogen and oxygen atoms in total. The number of ether oxygens (including phenoxy) is 2. The molecule has 1 aromatic carbocycles. The highest BCUT2D eigenvalue weighted by Gasteiger charge is 2.35. The fourth-order valence-corrected chi connectivity index (χ4v) is 2.31. The van der Waals surface area contributed by atoms with Crippen LogP contribution in [0, 0.1) is 0 Å². The number of hydrogen-bond acceptors (Lipinski definition) is 4. The molecule has 0 aromatic heterocycles. The number of nitrogens with zero attached hydrogens (tertiary/aromatic N) is 1. The fraction of sp³-hybridized carbons (Fsp3) is 0.429. The Morgan fingerprint density at radius 1 is 1.32 bits per heavy atom. The van der Waals surface area contributed by atoms with E-state index < -0.39 is 6.04 Å². The van der Waals surface area contributed by atoms with Crippen LogP contribution >= 0.6 is 0 Å². The van der Waals surface area contributed by atoms with Crippen molar-refractivity contribution in [3.8, 4) is 5.75 Å². The molecule has 1 aromatic rings. The van der Waals surface area contributed by atoms with Crippen molar-refractivity contribution in [3.63, 3.8) is 0 Å². The summed E-state index contributed by atoms with van der Waals surface area (Å²) in [6.07, 6.45) is 1.47. The lowest BCUT2D eigenvalue weighted by molar-refractivity contribution is -0.145. The van der Waals surface area contributed by atoms with Gasteiger partial charge in [-0.25, -0.2) is 4.79 Å². The number of carbonyl (C=O) groups is 2. The van der Waals surface area contributed by atoms with Crippen LogP contribution in [0.15, 0.2) is 24.3 Å². The zero-order chi connectivity index (χ0) is 13.8. The highest BCUT2D eigenvalue weighted by Crippen LogP contribution is 2.22. The van der Waals surface area contributed by atoms with E-state index in [0.29, 0.717) is 24.3 Å². The van der Waals surface area contributed by atoms with Crippen LogP contribution in [0.25, 0.3) is 0 Å². The molecule has 0 saturated carbocycles. The summed E-state index contributed by atoms with van der Waals surface area (Å²) >= 11 is 0. The van der Waals surface area contributed by atoms with E-state index in [9.17, 15) is 9.59 Å². The molecule has 1 fully saturated rings. The summed E-state index contributed by atoms with van der Waals surface area (Å²) in [4.78, 5) is 25.6. The zero-order valence-corrected chi connectivity index (χ0v) is 11.1. The lowest BCUT2D eigenvalue weighted by atomic mass is 10.1. The first-order valence-electron chi connectivity index (χ1n) is 6.20. The van der Waals surface area contributed by atoms with Gasteiger partial charge in [-0.2, -0.15) is 0 Å². The molecule has 0 radical (unpaired) electrons. The minimum atomic E-state index is -0.469. The molecule has 19 heavy (non-hydrogen) atoms. The number of rotatable bonds is 3. The number of benzene rings is 1. The number of methoxy groups -OCH3 is 2. The normalized spacial score (nSPS) is 18.2. The van der Waals surface area contributed by atoms with Gasteiger partial charge in [-0.15, -0.1) is 0 Å². The lowest BCUT2D eigenvalue weighted by Crippen LogP contribution is -2.41. The smallest absolute Gasteiger partial charge is 0.328 e. The van der Waals surface area contributed by atoms with Crippen molar-refractivity contribution in [2.75, 3.05) is 20.8 Å². The molecule has 0 N–H and O–H groups in total. The third-order valence-corrected chi connectivity index (χ3v) is 3.30. The second-order valence-corrected chi connectivity index (χ2v) is 4.41. The van der Waals surface area contributed by atoms with Crippen molar-refractivity contribution in [2.45, 2.75) is 18.9 Å². The molecular weight excluding hydrogens is 246 g/mol. The molecule has 1 amide bonds. The van der Waals surface area contributed by atoms with E-state index in [1.807, 2.05) is 0 Å². The monoisotopic (exact) mass is 263 g/mol. The van der Waals surface area contributed by atoms with Gasteiger partial charge in [0.2, 0.25) is 0 Å². The summed E-state index contributed by atoms with van der Waals surface area (Å²) in [6, 6.07) is 6.46. The van der Waals surface area contributed by atoms with E-state index in [1.54, 1.807) is 36.3 Å². The van der Waals surface area contributed by atoms with Crippen molar-refractivity contribution >= 4 is 11.9 Å². The summed E-state index contributed by atoms with van der Waals surface area (Å²) in [6.45, 7) is 0.579. The maximum Gasteiger partial charge on any atom is 0.328 e. The van der Waals surface area contributed by atoms with Crippen molar-refractivity contribution in [1.29, 1.82) is 0 Å². The summed E-state index contributed by atoms with van der Waals surface area (Å²) < 4.78 is 9.84. The van der Waals surface area contributed by atoms with E-state index >= 15 is 0 Å². The van der Waals surface area contributed by atoms with E-state index in [0.717, 1.165) is 6.42 Å². The van der Waals surface area contributed by atoms with Gasteiger partial charge in [0.05, 0.1) is 14.2 Å². The molecular formula is C14H17NO4. The predicted molar refractivity (Wildman–Crippen MR) is 69.1 cm³/mol. The highest BCUT2D eigenvalue weighted by atomic mass is 16.5. The first kappa shape index (κ1) is 13.4. The quantitative estimate of drug-likeness (QED) is 0.775. The highest BCUT2D eigenvalue weighted by molar-refractivity contribution is 5.97. The Kier molecular flexibility index (Phi) is 4.04. The average Bonchev–Trinajstić information content (AvgIpc) is 2.95. The van der Waals surface area contributed by atoms with Gasteiger partial charge < -0.3 is 14.4 Å². The fourth-order valence-electron chi connectivity index (χ4n) is 2.31. The SMILES string of the molecule is COC(=O)[C@@H]1CCCN1C(=O)c1cccc(OC)c1. The molecule has 102 valence electrons. The van der Waals surface area contributed by atoms with Gasteiger partial charge in [-0.1, -0.05) is 6.07 Å². The Morgan fingerprint density at radius 3 is 2.79 bits per heavy atom. The van der Waals surface area contributed by atoms with Crippen LogP contribution in [0.4, 0.5) is 0 Å². The van der Waals surface area contributed by atoms with Crippen LogP contribution < -0.4 is 4.74 Å². The van der Waals surface area contributed by atoms with Crippen LogP contribution in [0.1, 0.15) is 23.2 Å². The molecule has 5 heteroatoms. The van der Waals surface area contributed by atoms with Crippen LogP contribution in [0.5, 0.6) is 5.75 Å². The summed E-state index contributed by atoms with van der Waals surface area (Å²) in [5.41, 5.74) is 0.523. The molecule has 0 bridgehead atoms. The second kappa shape index (κ2) is 5.73. The predicted octanol–water partition coefficient (Wildman–Crippen LogP) is 1.47. The average molecular weight is 263 g/mol. The number of carbonyl (C=O) groups excluding carboxylic acids is 2. The van der Waals surface area contributed by atoms with Crippen LogP contribution in [0.2, 0.25) is 0 Å². The molecule has 1 heterocycles. The summed E-state index contributed by atoms with van der Waals surface area (Å²) in [5.74, 6) is 0.111. The van der Waals surface area contributed by atoms with Gasteiger partial charge in [0, 0.05) is 12.1 Å². The van der Waals surface area contributed by atoms with Crippen molar-refractivity contribution in [2.24, 2.45) is 0 Å². The van der Waals surface area contributed by atoms with E-state index in [1.165, 1.54) is 7.11 Å². The molecule has 2 rings (SSSR count). The third-order valence-electron chi connectivity index (χ3n) is 3.30. The molecule has 1 aliphatic rings. The Morgan fingerprint density at radius 2 is 2.11 bits per heavy atom. The first-order valence-corrected chi connectivity index (χ1v) is 6.20. The van der Waals surface area contributed by atoms with Gasteiger partial charge >= 0.3 is 5.97 Å².